The summed E-state index contributed by atoms with van der Waals surface area (Å²) in [6, 6.07) is 0. The third kappa shape index (κ3) is 4.80. The number of rotatable bonds is 4. The standard InChI is InChI=1S/C19H32N6O2/c1-3-20-18(22-15-19(27)7-5-4-6-8-19)25-13-11-24(12-14-25)16-17(26)23(2)10-9-21-16/h9-10,27H,3-8,11-15H2,1-2H3,(H,20,22). The van der Waals surface area contributed by atoms with Crippen LogP contribution >= 0.6 is 0 Å². The van der Waals surface area contributed by atoms with Gasteiger partial charge in [-0.2, -0.15) is 0 Å². The lowest BCUT2D eigenvalue weighted by atomic mass is 9.85. The Bertz CT molecular complexity index is 702. The van der Waals surface area contributed by atoms with E-state index >= 15 is 0 Å². The van der Waals surface area contributed by atoms with E-state index in [2.05, 4.69) is 22.1 Å². The van der Waals surface area contributed by atoms with Crippen LogP contribution in [-0.4, -0.2) is 70.4 Å². The van der Waals surface area contributed by atoms with E-state index in [1.54, 1.807) is 24.0 Å². The summed E-state index contributed by atoms with van der Waals surface area (Å²) in [7, 11) is 1.75. The van der Waals surface area contributed by atoms with Crippen molar-refractivity contribution < 1.29 is 5.11 Å². The molecule has 2 aliphatic rings. The van der Waals surface area contributed by atoms with Gasteiger partial charge in [-0.15, -0.1) is 0 Å². The second-order valence-corrected chi connectivity index (χ2v) is 7.60. The van der Waals surface area contributed by atoms with Gasteiger partial charge in [0.15, 0.2) is 11.8 Å². The van der Waals surface area contributed by atoms with Crippen LogP contribution in [0.2, 0.25) is 0 Å². The van der Waals surface area contributed by atoms with Gasteiger partial charge in [0.2, 0.25) is 0 Å². The first-order valence-electron chi connectivity index (χ1n) is 10.0. The summed E-state index contributed by atoms with van der Waals surface area (Å²) in [4.78, 5) is 25.5. The number of guanidine groups is 1. The zero-order valence-electron chi connectivity index (χ0n) is 16.5. The zero-order chi connectivity index (χ0) is 19.3. The van der Waals surface area contributed by atoms with Gasteiger partial charge in [-0.25, -0.2) is 4.98 Å². The second kappa shape index (κ2) is 8.73. The molecule has 27 heavy (non-hydrogen) atoms. The first-order chi connectivity index (χ1) is 13.0. The van der Waals surface area contributed by atoms with Crippen LogP contribution in [0.25, 0.3) is 0 Å². The van der Waals surface area contributed by atoms with Gasteiger partial charge in [0.1, 0.15) is 0 Å². The minimum Gasteiger partial charge on any atom is -0.388 e. The number of anilines is 1. The molecule has 1 saturated heterocycles. The number of hydrogen-bond donors (Lipinski definition) is 2. The molecule has 0 unspecified atom stereocenters. The molecule has 1 aromatic heterocycles. The summed E-state index contributed by atoms with van der Waals surface area (Å²) < 4.78 is 1.56. The predicted octanol–water partition coefficient (Wildman–Crippen LogP) is 0.563. The van der Waals surface area contributed by atoms with E-state index in [1.165, 1.54) is 6.42 Å². The van der Waals surface area contributed by atoms with Crippen LogP contribution in [0.15, 0.2) is 22.2 Å². The van der Waals surface area contributed by atoms with Crippen LogP contribution in [0.4, 0.5) is 5.82 Å². The van der Waals surface area contributed by atoms with E-state index in [4.69, 9.17) is 4.99 Å². The highest BCUT2D eigenvalue weighted by Gasteiger charge is 2.29. The van der Waals surface area contributed by atoms with Crippen molar-refractivity contribution in [2.24, 2.45) is 12.0 Å². The fraction of sp³-hybridized carbons (Fsp3) is 0.737. The molecule has 2 fully saturated rings. The molecule has 0 spiro atoms. The molecule has 2 heterocycles. The number of hydrogen-bond acceptors (Lipinski definition) is 5. The van der Waals surface area contributed by atoms with Gasteiger partial charge >= 0.3 is 0 Å². The zero-order valence-corrected chi connectivity index (χ0v) is 16.5. The Labute approximate surface area is 160 Å². The molecule has 1 aromatic rings. The first-order valence-corrected chi connectivity index (χ1v) is 10.0. The molecule has 0 atom stereocenters. The van der Waals surface area contributed by atoms with E-state index in [1.807, 2.05) is 4.90 Å². The second-order valence-electron chi connectivity index (χ2n) is 7.60. The highest BCUT2D eigenvalue weighted by Crippen LogP contribution is 2.28. The molecule has 0 bridgehead atoms. The molecule has 2 N–H and O–H groups in total. The molecular formula is C19H32N6O2. The van der Waals surface area contributed by atoms with Gasteiger partial charge in [0.05, 0.1) is 12.1 Å². The van der Waals surface area contributed by atoms with E-state index in [-0.39, 0.29) is 5.56 Å². The van der Waals surface area contributed by atoms with Crippen molar-refractivity contribution in [3.63, 3.8) is 0 Å². The maximum atomic E-state index is 12.3. The normalized spacial score (nSPS) is 20.6. The highest BCUT2D eigenvalue weighted by atomic mass is 16.3. The number of nitrogens with one attached hydrogen (secondary N) is 1. The van der Waals surface area contributed by atoms with Crippen molar-refractivity contribution in [1.82, 2.24) is 19.8 Å². The van der Waals surface area contributed by atoms with Crippen molar-refractivity contribution in [1.29, 1.82) is 0 Å². The lowest BCUT2D eigenvalue weighted by Crippen LogP contribution is -2.54. The van der Waals surface area contributed by atoms with Crippen LogP contribution < -0.4 is 15.8 Å². The van der Waals surface area contributed by atoms with E-state index in [0.717, 1.165) is 64.4 Å². The van der Waals surface area contributed by atoms with Crippen LogP contribution in [0, 0.1) is 0 Å². The van der Waals surface area contributed by atoms with Crippen LogP contribution in [0.1, 0.15) is 39.0 Å². The summed E-state index contributed by atoms with van der Waals surface area (Å²) in [5.74, 6) is 1.36. The quantitative estimate of drug-likeness (QED) is 0.590. The van der Waals surface area contributed by atoms with Gasteiger partial charge in [0, 0.05) is 52.2 Å². The minimum absolute atomic E-state index is 0.0638. The van der Waals surface area contributed by atoms with Crippen LogP contribution in [0.5, 0.6) is 0 Å². The number of nitrogens with zero attached hydrogens (tertiary/aromatic N) is 5. The van der Waals surface area contributed by atoms with E-state index in [9.17, 15) is 9.90 Å². The van der Waals surface area contributed by atoms with Crippen molar-refractivity contribution in [3.05, 3.63) is 22.7 Å². The number of aromatic nitrogens is 2. The summed E-state index contributed by atoms with van der Waals surface area (Å²) in [5.41, 5.74) is -0.716. The van der Waals surface area contributed by atoms with Crippen molar-refractivity contribution in [2.45, 2.75) is 44.6 Å². The molecule has 0 amide bonds. The van der Waals surface area contributed by atoms with E-state index in [0.29, 0.717) is 12.4 Å². The minimum atomic E-state index is -0.652. The molecule has 1 aliphatic carbocycles. The highest BCUT2D eigenvalue weighted by molar-refractivity contribution is 5.80. The van der Waals surface area contributed by atoms with Gasteiger partial charge in [-0.1, -0.05) is 19.3 Å². The Morgan fingerprint density at radius 3 is 2.63 bits per heavy atom. The fourth-order valence-corrected chi connectivity index (χ4v) is 3.85. The largest absolute Gasteiger partial charge is 0.388 e. The first kappa shape index (κ1) is 19.7. The molecule has 8 heteroatoms. The average Bonchev–Trinajstić information content (AvgIpc) is 2.68. The molecule has 8 nitrogen and oxygen atoms in total. The smallest absolute Gasteiger partial charge is 0.293 e. The van der Waals surface area contributed by atoms with Gasteiger partial charge in [-0.3, -0.25) is 9.79 Å². The van der Waals surface area contributed by atoms with Crippen molar-refractivity contribution in [2.75, 3.05) is 44.2 Å². The average molecular weight is 377 g/mol. The van der Waals surface area contributed by atoms with Gasteiger partial charge < -0.3 is 24.8 Å². The molecule has 0 radical (unpaired) electrons. The monoisotopic (exact) mass is 376 g/mol. The summed E-state index contributed by atoms with van der Waals surface area (Å²) in [5, 5.41) is 14.1. The number of aryl methyl sites for hydroxylation is 1. The predicted molar refractivity (Wildman–Crippen MR) is 107 cm³/mol. The Kier molecular flexibility index (Phi) is 6.36. The maximum Gasteiger partial charge on any atom is 0.293 e. The van der Waals surface area contributed by atoms with Gasteiger partial charge in [-0.05, 0) is 19.8 Å². The Hall–Kier alpha value is -2.09. The molecule has 150 valence electrons. The van der Waals surface area contributed by atoms with E-state index < -0.39 is 5.60 Å². The third-order valence-corrected chi connectivity index (χ3v) is 5.52. The van der Waals surface area contributed by atoms with Gasteiger partial charge in [0.25, 0.3) is 5.56 Å². The van der Waals surface area contributed by atoms with Crippen molar-refractivity contribution in [3.8, 4) is 0 Å². The summed E-state index contributed by atoms with van der Waals surface area (Å²) in [6.45, 7) is 6.28. The summed E-state index contributed by atoms with van der Waals surface area (Å²) >= 11 is 0. The number of aliphatic hydroxyl groups is 1. The molecule has 1 aliphatic heterocycles. The number of piperazine rings is 1. The topological polar surface area (TPSA) is 86.0 Å². The fourth-order valence-electron chi connectivity index (χ4n) is 3.85. The molecule has 1 saturated carbocycles. The third-order valence-electron chi connectivity index (χ3n) is 5.52. The van der Waals surface area contributed by atoms with Crippen LogP contribution in [-0.2, 0) is 7.05 Å². The Balaban J connectivity index is 1.63. The SMILES string of the molecule is CCNC(=NCC1(O)CCCCC1)N1CCN(c2nccn(C)c2=O)CC1. The summed E-state index contributed by atoms with van der Waals surface area (Å²) in [6.07, 6.45) is 8.40. The van der Waals surface area contributed by atoms with Crippen LogP contribution in [0.3, 0.4) is 0 Å². The van der Waals surface area contributed by atoms with Crippen molar-refractivity contribution >= 4 is 11.8 Å². The lowest BCUT2D eigenvalue weighted by Gasteiger charge is -2.37. The lowest BCUT2D eigenvalue weighted by molar-refractivity contribution is 0.0129. The molecule has 0 aromatic carbocycles. The number of aliphatic imine (C=N–C) groups is 1. The molecule has 3 rings (SSSR count). The Morgan fingerprint density at radius 1 is 1.26 bits per heavy atom. The molecular weight excluding hydrogens is 344 g/mol. The maximum absolute atomic E-state index is 12.3. The Morgan fingerprint density at radius 2 is 1.96 bits per heavy atom.